The number of ether oxygens (including phenoxy) is 1. The van der Waals surface area contributed by atoms with Crippen molar-refractivity contribution in [1.29, 1.82) is 5.26 Å². The lowest BCUT2D eigenvalue weighted by atomic mass is 10.1. The van der Waals surface area contributed by atoms with Crippen molar-refractivity contribution in [1.82, 2.24) is 4.67 Å². The van der Waals surface area contributed by atoms with Crippen molar-refractivity contribution in [3.63, 3.8) is 0 Å². The summed E-state index contributed by atoms with van der Waals surface area (Å²) in [6.45, 7) is 2.78. The first-order valence-corrected chi connectivity index (χ1v) is 6.67. The molecule has 0 aromatic carbocycles. The molecule has 0 N–H and O–H groups in total. The van der Waals surface area contributed by atoms with Gasteiger partial charge < -0.3 is 9.26 Å². The molecule has 2 bridgehead atoms. The Kier molecular flexibility index (Phi) is 2.58. The van der Waals surface area contributed by atoms with E-state index in [4.69, 9.17) is 17.3 Å². The third-order valence-corrected chi connectivity index (χ3v) is 4.46. The van der Waals surface area contributed by atoms with Gasteiger partial charge in [-0.2, -0.15) is 5.26 Å². The first kappa shape index (κ1) is 8.90. The van der Waals surface area contributed by atoms with Crippen LogP contribution in [0, 0.1) is 11.3 Å². The van der Waals surface area contributed by atoms with E-state index in [-0.39, 0.29) is 12.9 Å². The molecule has 5 heteroatoms. The normalized spacial score (nSPS) is 43.5. The quantitative estimate of drug-likeness (QED) is 0.546. The maximum Gasteiger partial charge on any atom is 0.101 e. The van der Waals surface area contributed by atoms with Gasteiger partial charge in [0.25, 0.3) is 0 Å². The second kappa shape index (κ2) is 4.35. The van der Waals surface area contributed by atoms with E-state index in [2.05, 4.69) is 10.7 Å². The van der Waals surface area contributed by atoms with E-state index in [0.29, 0.717) is 19.6 Å². The Morgan fingerprint density at radius 3 is 3.53 bits per heavy atom. The number of nitriles is 1. The first-order chi connectivity index (χ1) is 8.12. The fourth-order valence-electron chi connectivity index (χ4n) is 2.00. The number of fused-ring (bicyclic) bond motifs is 2. The lowest BCUT2D eigenvalue weighted by Crippen LogP contribution is -2.38. The van der Waals surface area contributed by atoms with Crippen molar-refractivity contribution in [2.45, 2.75) is 31.4 Å². The molecule has 2 heterocycles. The molecular formula is C10H17N2O2P. The zero-order valence-electron chi connectivity index (χ0n) is 10.8. The van der Waals surface area contributed by atoms with Gasteiger partial charge in [0, 0.05) is 14.0 Å². The zero-order valence-corrected chi connectivity index (χ0v) is 9.74. The Hall–Kier alpha value is -0.200. The molecule has 15 heavy (non-hydrogen) atoms. The van der Waals surface area contributed by atoms with Crippen molar-refractivity contribution < 1.29 is 12.0 Å². The Bertz CT molecular complexity index is 328. The predicted molar refractivity (Wildman–Crippen MR) is 58.5 cm³/mol. The molecule has 0 aromatic heterocycles. The molecule has 0 aromatic rings. The number of morpholine rings is 1. The second-order valence-corrected chi connectivity index (χ2v) is 5.71. The zero-order chi connectivity index (χ0) is 12.5. The second-order valence-electron chi connectivity index (χ2n) is 4.01. The minimum Gasteiger partial charge on any atom is -0.372 e. The molecule has 4 nitrogen and oxygen atoms in total. The van der Waals surface area contributed by atoms with Gasteiger partial charge in [-0.25, -0.2) is 0 Å². The summed E-state index contributed by atoms with van der Waals surface area (Å²) < 4.78 is 28.7. The first-order valence-electron chi connectivity index (χ1n) is 6.30. The number of nitrogens with zero attached hydrogens (tertiary/aromatic N) is 2. The topological polar surface area (TPSA) is 45.5 Å². The van der Waals surface area contributed by atoms with Crippen molar-refractivity contribution in [3.8, 4) is 6.07 Å². The minimum absolute atomic E-state index is 0.0542. The van der Waals surface area contributed by atoms with Crippen molar-refractivity contribution in [2.24, 2.45) is 0 Å². The molecule has 4 atom stereocenters. The highest BCUT2D eigenvalue weighted by atomic mass is 31.2. The fourth-order valence-corrected chi connectivity index (χ4v) is 3.51. The van der Waals surface area contributed by atoms with Crippen LogP contribution in [0.4, 0.5) is 0 Å². The highest BCUT2D eigenvalue weighted by Crippen LogP contribution is 2.49. The predicted octanol–water partition coefficient (Wildman–Crippen LogP) is 1.72. The van der Waals surface area contributed by atoms with Gasteiger partial charge in [-0.15, -0.1) is 0 Å². The average Bonchev–Trinajstić information content (AvgIpc) is 2.84. The molecule has 1 unspecified atom stereocenters. The lowest BCUT2D eigenvalue weighted by molar-refractivity contribution is -0.0132. The Morgan fingerprint density at radius 1 is 2.00 bits per heavy atom. The monoisotopic (exact) mass is 231 g/mol. The maximum atomic E-state index is 8.46. The van der Waals surface area contributed by atoms with E-state index in [1.807, 2.05) is 6.66 Å². The van der Waals surface area contributed by atoms with E-state index in [0.717, 1.165) is 6.42 Å². The van der Waals surface area contributed by atoms with E-state index in [9.17, 15) is 0 Å². The molecule has 0 radical (unpaired) electrons. The molecule has 2 rings (SSSR count). The molecule has 2 fully saturated rings. The number of rotatable bonds is 4. The Morgan fingerprint density at radius 2 is 2.87 bits per heavy atom. The van der Waals surface area contributed by atoms with Gasteiger partial charge in [0.15, 0.2) is 0 Å². The van der Waals surface area contributed by atoms with Crippen LogP contribution in [0.3, 0.4) is 0 Å². The molecule has 0 amide bonds. The van der Waals surface area contributed by atoms with Gasteiger partial charge in [-0.1, -0.05) is 0 Å². The SMILES string of the molecule is [2H]C[C@]12C[C@@H]([C@H]([3H])O1)N(P(C)OCCC#N)C2. The van der Waals surface area contributed by atoms with Gasteiger partial charge in [0.2, 0.25) is 0 Å². The number of hydrogen-bond donors (Lipinski definition) is 0. The van der Waals surface area contributed by atoms with Crippen LogP contribution < -0.4 is 0 Å². The molecule has 2 saturated heterocycles. The summed E-state index contributed by atoms with van der Waals surface area (Å²) in [5.74, 6) is 0. The third kappa shape index (κ3) is 2.32. The Balaban J connectivity index is 1.93. The third-order valence-electron chi connectivity index (χ3n) is 2.74. The summed E-state index contributed by atoms with van der Waals surface area (Å²) in [7, 11) is -0.773. The summed E-state index contributed by atoms with van der Waals surface area (Å²) in [5, 5.41) is 8.46. The van der Waals surface area contributed by atoms with Crippen LogP contribution in [-0.2, 0) is 9.26 Å². The van der Waals surface area contributed by atoms with Crippen LogP contribution in [0.25, 0.3) is 0 Å². The molecule has 84 valence electrons. The maximum absolute atomic E-state index is 8.46. The molecule has 2 aliphatic rings. The minimum atomic E-state index is -0.773. The van der Waals surface area contributed by atoms with Crippen LogP contribution in [0.15, 0.2) is 0 Å². The van der Waals surface area contributed by atoms with Crippen LogP contribution >= 0.6 is 8.30 Å². The van der Waals surface area contributed by atoms with Crippen LogP contribution in [-0.4, -0.2) is 42.7 Å². The summed E-state index contributed by atoms with van der Waals surface area (Å²) in [6, 6.07) is 2.10. The summed E-state index contributed by atoms with van der Waals surface area (Å²) in [5.41, 5.74) is -0.452. The molecule has 0 saturated carbocycles. The van der Waals surface area contributed by atoms with Gasteiger partial charge >= 0.3 is 0 Å². The molecule has 2 aliphatic heterocycles. The van der Waals surface area contributed by atoms with Crippen molar-refractivity contribution >= 4 is 8.30 Å². The molecule has 0 aliphatic carbocycles. The fraction of sp³-hybridized carbons (Fsp3) is 0.900. The number of hydrogen-bond acceptors (Lipinski definition) is 4. The van der Waals surface area contributed by atoms with Crippen molar-refractivity contribution in [3.05, 3.63) is 0 Å². The largest absolute Gasteiger partial charge is 0.372 e. The highest BCUT2D eigenvalue weighted by Gasteiger charge is 2.49. The van der Waals surface area contributed by atoms with Crippen molar-refractivity contribution in [2.75, 3.05) is 26.4 Å². The average molecular weight is 231 g/mol. The smallest absolute Gasteiger partial charge is 0.101 e. The van der Waals surface area contributed by atoms with Gasteiger partial charge in [0.1, 0.15) is 8.30 Å². The van der Waals surface area contributed by atoms with Crippen LogP contribution in [0.1, 0.15) is 22.5 Å². The summed E-state index contributed by atoms with van der Waals surface area (Å²) in [4.78, 5) is 0. The summed E-state index contributed by atoms with van der Waals surface area (Å²) in [6.07, 6.45) is 1.16. The van der Waals surface area contributed by atoms with E-state index in [1.54, 1.807) is 0 Å². The van der Waals surface area contributed by atoms with Gasteiger partial charge in [-0.3, -0.25) is 4.67 Å². The van der Waals surface area contributed by atoms with Crippen LogP contribution in [0.2, 0.25) is 0 Å². The lowest BCUT2D eigenvalue weighted by Gasteiger charge is -2.34. The van der Waals surface area contributed by atoms with E-state index < -0.39 is 20.5 Å². The summed E-state index contributed by atoms with van der Waals surface area (Å²) >= 11 is 0. The molecule has 0 spiro atoms. The van der Waals surface area contributed by atoms with E-state index in [1.165, 1.54) is 0 Å². The standard InChI is InChI=1S/C10H17N2O2P/c1-10-6-9(7-13-10)12(8-10)15(2)14-5-3-4-11/h9H,3,5-8H2,1-2H3/t9-,10+,15?/m0/s1/i1D,7T/t7-,9-,10+,15?. The molecular weight excluding hydrogens is 211 g/mol. The highest BCUT2D eigenvalue weighted by molar-refractivity contribution is 7.49. The Labute approximate surface area is 94.8 Å². The van der Waals surface area contributed by atoms with Gasteiger partial charge in [-0.05, 0) is 20.0 Å². The van der Waals surface area contributed by atoms with E-state index >= 15 is 0 Å². The van der Waals surface area contributed by atoms with Gasteiger partial charge in [0.05, 0.1) is 32.7 Å². The van der Waals surface area contributed by atoms with Crippen LogP contribution in [0.5, 0.6) is 0 Å².